The number of methoxy groups -OCH3 is 1. The topological polar surface area (TPSA) is 105 Å². The second kappa shape index (κ2) is 7.82. The largest absolute Gasteiger partial charge is 0.548 e. The molecule has 1 saturated carbocycles. The number of aliphatic carboxylic acids is 1. The van der Waals surface area contributed by atoms with E-state index in [1.807, 2.05) is 6.07 Å². The molecular formula is C19H21FN3O4-. The average Bonchev–Trinajstić information content (AvgIpc) is 2.66. The Hall–Kier alpha value is -2.82. The smallest absolute Gasteiger partial charge is 0.410 e. The third-order valence-corrected chi connectivity index (χ3v) is 5.64. The second-order valence-corrected chi connectivity index (χ2v) is 7.14. The van der Waals surface area contributed by atoms with Crippen LogP contribution in [0.25, 0.3) is 0 Å². The van der Waals surface area contributed by atoms with Crippen molar-refractivity contribution in [3.8, 4) is 6.07 Å². The van der Waals surface area contributed by atoms with Gasteiger partial charge in [-0.15, -0.1) is 0 Å². The number of likely N-dealkylation sites (tertiary alicyclic amines) is 1. The lowest BCUT2D eigenvalue weighted by Gasteiger charge is -2.47. The number of nitriles is 1. The number of carboxylic acids is 1. The van der Waals surface area contributed by atoms with Crippen molar-refractivity contribution in [2.75, 3.05) is 19.0 Å². The second-order valence-electron chi connectivity index (χ2n) is 7.14. The van der Waals surface area contributed by atoms with E-state index in [9.17, 15) is 19.1 Å². The van der Waals surface area contributed by atoms with Crippen LogP contribution < -0.4 is 10.4 Å². The fourth-order valence-corrected chi connectivity index (χ4v) is 4.30. The van der Waals surface area contributed by atoms with Gasteiger partial charge in [-0.2, -0.15) is 5.26 Å². The van der Waals surface area contributed by atoms with E-state index in [1.54, 1.807) is 12.1 Å². The highest BCUT2D eigenvalue weighted by molar-refractivity contribution is 5.79. The van der Waals surface area contributed by atoms with Crippen LogP contribution >= 0.6 is 0 Å². The van der Waals surface area contributed by atoms with Crippen LogP contribution in [-0.4, -0.2) is 42.7 Å². The van der Waals surface area contributed by atoms with Crippen LogP contribution in [-0.2, 0) is 9.53 Å². The third kappa shape index (κ3) is 3.82. The zero-order valence-electron chi connectivity index (χ0n) is 15.0. The lowest BCUT2D eigenvalue weighted by atomic mass is 9.71. The van der Waals surface area contributed by atoms with Gasteiger partial charge in [0.1, 0.15) is 17.4 Å². The zero-order valence-corrected chi connectivity index (χ0v) is 15.0. The SMILES string of the molecule is COC(=O)N1CC2CCC(Nc3cccc(F)c3C#N)CC2CC1C(=O)[O-]. The summed E-state index contributed by atoms with van der Waals surface area (Å²) in [5.74, 6) is -1.58. The number of anilines is 1. The molecule has 4 unspecified atom stereocenters. The molecule has 1 aromatic carbocycles. The highest BCUT2D eigenvalue weighted by atomic mass is 19.1. The lowest BCUT2D eigenvalue weighted by molar-refractivity contribution is -0.312. The molecule has 4 atom stereocenters. The fourth-order valence-electron chi connectivity index (χ4n) is 4.30. The summed E-state index contributed by atoms with van der Waals surface area (Å²) in [7, 11) is 1.23. The predicted molar refractivity (Wildman–Crippen MR) is 91.9 cm³/mol. The maximum atomic E-state index is 13.8. The molecule has 0 aromatic heterocycles. The summed E-state index contributed by atoms with van der Waals surface area (Å²) in [5, 5.41) is 23.9. The minimum absolute atomic E-state index is 0.00670. The summed E-state index contributed by atoms with van der Waals surface area (Å²) in [4.78, 5) is 24.6. The van der Waals surface area contributed by atoms with E-state index in [0.717, 1.165) is 12.8 Å². The van der Waals surface area contributed by atoms with Gasteiger partial charge < -0.3 is 20.0 Å². The zero-order chi connectivity index (χ0) is 19.6. The Kier molecular flexibility index (Phi) is 5.49. The molecule has 1 aliphatic carbocycles. The highest BCUT2D eigenvalue weighted by Gasteiger charge is 2.42. The Bertz CT molecular complexity index is 779. The lowest BCUT2D eigenvalue weighted by Crippen LogP contribution is -2.58. The van der Waals surface area contributed by atoms with Crippen molar-refractivity contribution in [2.24, 2.45) is 11.8 Å². The number of nitrogens with one attached hydrogen (secondary N) is 1. The van der Waals surface area contributed by atoms with Crippen molar-refractivity contribution in [3.05, 3.63) is 29.6 Å². The molecule has 1 saturated heterocycles. The van der Waals surface area contributed by atoms with E-state index < -0.39 is 23.9 Å². The fraction of sp³-hybridized carbons (Fsp3) is 0.526. The molecule has 8 heteroatoms. The molecule has 0 spiro atoms. The van der Waals surface area contributed by atoms with E-state index in [1.165, 1.54) is 18.1 Å². The molecule has 1 heterocycles. The summed E-state index contributed by atoms with van der Waals surface area (Å²) < 4.78 is 18.5. The van der Waals surface area contributed by atoms with Gasteiger partial charge in [-0.1, -0.05) is 6.07 Å². The highest BCUT2D eigenvalue weighted by Crippen LogP contribution is 2.40. The maximum absolute atomic E-state index is 13.8. The van der Waals surface area contributed by atoms with Crippen LogP contribution in [0.4, 0.5) is 14.9 Å². The number of hydrogen-bond acceptors (Lipinski definition) is 6. The number of nitrogens with zero attached hydrogens (tertiary/aromatic N) is 2. The summed E-state index contributed by atoms with van der Waals surface area (Å²) in [6.07, 6.45) is 1.92. The first-order chi connectivity index (χ1) is 12.9. The number of piperidine rings is 1. The first-order valence-corrected chi connectivity index (χ1v) is 8.95. The number of carbonyl (C=O) groups is 2. The van der Waals surface area contributed by atoms with Crippen LogP contribution in [0.1, 0.15) is 31.2 Å². The van der Waals surface area contributed by atoms with Crippen LogP contribution in [0.5, 0.6) is 0 Å². The van der Waals surface area contributed by atoms with Gasteiger partial charge in [-0.05, 0) is 49.7 Å². The van der Waals surface area contributed by atoms with Gasteiger partial charge >= 0.3 is 6.09 Å². The van der Waals surface area contributed by atoms with Crippen LogP contribution in [0.3, 0.4) is 0 Å². The Morgan fingerprint density at radius 1 is 1.33 bits per heavy atom. The molecule has 1 N–H and O–H groups in total. The third-order valence-electron chi connectivity index (χ3n) is 5.64. The Morgan fingerprint density at radius 2 is 2.11 bits per heavy atom. The first kappa shape index (κ1) is 19.0. The standard InChI is InChI=1S/C19H22FN3O4/c1-27-19(26)23-10-11-5-6-13(7-12(11)8-17(23)18(24)25)22-16-4-2-3-15(20)14(16)9-21/h2-4,11-13,17,22H,5-8,10H2,1H3,(H,24,25)/p-1. The van der Waals surface area contributed by atoms with Crippen molar-refractivity contribution in [3.63, 3.8) is 0 Å². The quantitative estimate of drug-likeness (QED) is 0.859. The monoisotopic (exact) mass is 374 g/mol. The average molecular weight is 374 g/mol. The first-order valence-electron chi connectivity index (χ1n) is 8.95. The molecule has 3 rings (SSSR count). The molecule has 7 nitrogen and oxygen atoms in total. The molecule has 2 fully saturated rings. The minimum atomic E-state index is -1.29. The Labute approximate surface area is 156 Å². The maximum Gasteiger partial charge on any atom is 0.410 e. The van der Waals surface area contributed by atoms with Crippen molar-refractivity contribution in [1.29, 1.82) is 5.26 Å². The molecular weight excluding hydrogens is 353 g/mol. The van der Waals surface area contributed by atoms with E-state index >= 15 is 0 Å². The van der Waals surface area contributed by atoms with Crippen molar-refractivity contribution in [1.82, 2.24) is 4.90 Å². The molecule has 27 heavy (non-hydrogen) atoms. The van der Waals surface area contributed by atoms with Crippen LogP contribution in [0.2, 0.25) is 0 Å². The number of rotatable bonds is 3. The molecule has 0 radical (unpaired) electrons. The van der Waals surface area contributed by atoms with E-state index in [0.29, 0.717) is 25.1 Å². The van der Waals surface area contributed by atoms with Crippen LogP contribution in [0.15, 0.2) is 18.2 Å². The van der Waals surface area contributed by atoms with Gasteiger partial charge in [0.05, 0.1) is 24.8 Å². The normalized spacial score (nSPS) is 27.2. The van der Waals surface area contributed by atoms with Crippen LogP contribution in [0, 0.1) is 29.0 Å². The van der Waals surface area contributed by atoms with Gasteiger partial charge in [0.25, 0.3) is 0 Å². The molecule has 1 aliphatic heterocycles. The molecule has 2 aliphatic rings. The molecule has 144 valence electrons. The molecule has 1 aromatic rings. The molecule has 0 bridgehead atoms. The predicted octanol–water partition coefficient (Wildman–Crippen LogP) is 1.48. The molecule has 1 amide bonds. The Balaban J connectivity index is 1.71. The number of benzene rings is 1. The Morgan fingerprint density at radius 3 is 2.78 bits per heavy atom. The van der Waals surface area contributed by atoms with E-state index in [-0.39, 0.29) is 23.4 Å². The number of carboxylic acid groups (broad SMARTS) is 1. The van der Waals surface area contributed by atoms with Gasteiger partial charge in [-0.3, -0.25) is 4.90 Å². The minimum Gasteiger partial charge on any atom is -0.548 e. The number of ether oxygens (including phenoxy) is 1. The number of halogens is 1. The number of carbonyl (C=O) groups excluding carboxylic acids is 2. The summed E-state index contributed by atoms with van der Waals surface area (Å²) in [6, 6.07) is 5.32. The van der Waals surface area contributed by atoms with E-state index in [2.05, 4.69) is 5.32 Å². The van der Waals surface area contributed by atoms with Gasteiger partial charge in [0.15, 0.2) is 0 Å². The summed E-state index contributed by atoms with van der Waals surface area (Å²) in [5.41, 5.74) is 0.428. The van der Waals surface area contributed by atoms with Crippen molar-refractivity contribution >= 4 is 17.7 Å². The summed E-state index contributed by atoms with van der Waals surface area (Å²) in [6.45, 7) is 0.326. The van der Waals surface area contributed by atoms with Gasteiger partial charge in [-0.25, -0.2) is 9.18 Å². The van der Waals surface area contributed by atoms with Gasteiger partial charge in [0.2, 0.25) is 0 Å². The number of hydrogen-bond donors (Lipinski definition) is 1. The van der Waals surface area contributed by atoms with E-state index in [4.69, 9.17) is 10.00 Å². The number of amides is 1. The van der Waals surface area contributed by atoms with Crippen molar-refractivity contribution < 1.29 is 23.8 Å². The number of fused-ring (bicyclic) bond motifs is 1. The van der Waals surface area contributed by atoms with Crippen molar-refractivity contribution in [2.45, 2.75) is 37.8 Å². The summed E-state index contributed by atoms with van der Waals surface area (Å²) >= 11 is 0. The van der Waals surface area contributed by atoms with Gasteiger partial charge in [0, 0.05) is 12.6 Å².